The van der Waals surface area contributed by atoms with E-state index in [1.54, 1.807) is 0 Å². The van der Waals surface area contributed by atoms with Crippen LogP contribution in [0.4, 0.5) is 0 Å². The molecule has 1 heterocycles. The van der Waals surface area contributed by atoms with Crippen molar-refractivity contribution in [1.29, 1.82) is 0 Å². The van der Waals surface area contributed by atoms with Crippen LogP contribution >= 0.6 is 11.8 Å². The van der Waals surface area contributed by atoms with Gasteiger partial charge in [-0.1, -0.05) is 26.8 Å². The second kappa shape index (κ2) is 7.02. The minimum Gasteiger partial charge on any atom is -0.327 e. The van der Waals surface area contributed by atoms with Gasteiger partial charge in [-0.05, 0) is 37.3 Å². The molecule has 0 aliphatic carbocycles. The molecule has 0 radical (unpaired) electrons. The number of nitrogens with two attached hydrogens (primary N) is 1. The molecule has 0 fully saturated rings. The number of hydrogen-bond acceptors (Lipinski definition) is 3. The van der Waals surface area contributed by atoms with Crippen LogP contribution in [0.25, 0.3) is 0 Å². The molecule has 0 aromatic carbocycles. The molecule has 0 saturated carbocycles. The van der Waals surface area contributed by atoms with E-state index >= 15 is 0 Å². The maximum absolute atomic E-state index is 5.96. The van der Waals surface area contributed by atoms with Crippen LogP contribution in [0.5, 0.6) is 0 Å². The van der Waals surface area contributed by atoms with Crippen molar-refractivity contribution in [3.63, 3.8) is 0 Å². The minimum absolute atomic E-state index is 0.254. The first-order valence-corrected chi connectivity index (χ1v) is 7.32. The molecule has 0 aliphatic heterocycles. The van der Waals surface area contributed by atoms with E-state index in [-0.39, 0.29) is 6.04 Å². The smallest absolute Gasteiger partial charge is 0.0991 e. The molecule has 0 spiro atoms. The first kappa shape index (κ1) is 14.5. The lowest BCUT2D eigenvalue weighted by Crippen LogP contribution is -2.21. The van der Waals surface area contributed by atoms with E-state index in [2.05, 4.69) is 38.7 Å². The van der Waals surface area contributed by atoms with Crippen molar-refractivity contribution in [2.45, 2.75) is 63.3 Å². The highest BCUT2D eigenvalue weighted by molar-refractivity contribution is 7.99. The van der Waals surface area contributed by atoms with Crippen molar-refractivity contribution in [2.75, 3.05) is 0 Å². The predicted octanol–water partition coefficient (Wildman–Crippen LogP) is 3.56. The lowest BCUT2D eigenvalue weighted by molar-refractivity contribution is 0.644. The molecular formula is C14H24N2S. The molecule has 0 amide bonds. The SMILES string of the molecule is CCC(N)Cc1cnc(SC(C)CC)c(C)c1. The lowest BCUT2D eigenvalue weighted by Gasteiger charge is -2.12. The van der Waals surface area contributed by atoms with E-state index in [0.29, 0.717) is 5.25 Å². The van der Waals surface area contributed by atoms with Gasteiger partial charge in [-0.3, -0.25) is 0 Å². The minimum atomic E-state index is 0.254. The van der Waals surface area contributed by atoms with Crippen LogP contribution in [-0.4, -0.2) is 16.3 Å². The maximum Gasteiger partial charge on any atom is 0.0991 e. The summed E-state index contributed by atoms with van der Waals surface area (Å²) in [6.07, 6.45) is 5.10. The largest absolute Gasteiger partial charge is 0.327 e. The quantitative estimate of drug-likeness (QED) is 0.787. The molecule has 2 N–H and O–H groups in total. The molecule has 96 valence electrons. The van der Waals surface area contributed by atoms with Gasteiger partial charge < -0.3 is 5.73 Å². The highest BCUT2D eigenvalue weighted by Gasteiger charge is 2.08. The van der Waals surface area contributed by atoms with Crippen LogP contribution in [0.3, 0.4) is 0 Å². The van der Waals surface area contributed by atoms with E-state index in [4.69, 9.17) is 5.73 Å². The Morgan fingerprint density at radius 3 is 2.59 bits per heavy atom. The number of thioether (sulfide) groups is 1. The van der Waals surface area contributed by atoms with E-state index in [1.165, 1.54) is 17.5 Å². The second-order valence-corrected chi connectivity index (χ2v) is 6.10. The monoisotopic (exact) mass is 252 g/mol. The van der Waals surface area contributed by atoms with Gasteiger partial charge in [0.1, 0.15) is 0 Å². The van der Waals surface area contributed by atoms with Gasteiger partial charge in [-0.15, -0.1) is 11.8 Å². The Bertz CT molecular complexity index is 352. The van der Waals surface area contributed by atoms with E-state index in [0.717, 1.165) is 17.9 Å². The highest BCUT2D eigenvalue weighted by atomic mass is 32.2. The van der Waals surface area contributed by atoms with Gasteiger partial charge in [0.2, 0.25) is 0 Å². The number of pyridine rings is 1. The lowest BCUT2D eigenvalue weighted by atomic mass is 10.1. The van der Waals surface area contributed by atoms with Crippen molar-refractivity contribution in [3.8, 4) is 0 Å². The molecule has 2 nitrogen and oxygen atoms in total. The summed E-state index contributed by atoms with van der Waals surface area (Å²) in [5.74, 6) is 0. The Morgan fingerprint density at radius 1 is 1.35 bits per heavy atom. The average Bonchev–Trinajstić information content (AvgIpc) is 2.32. The number of hydrogen-bond donors (Lipinski definition) is 1. The Kier molecular flexibility index (Phi) is 6.00. The van der Waals surface area contributed by atoms with Crippen molar-refractivity contribution in [3.05, 3.63) is 23.4 Å². The molecule has 1 aromatic rings. The summed E-state index contributed by atoms with van der Waals surface area (Å²) in [6.45, 7) is 8.71. The van der Waals surface area contributed by atoms with Crippen LogP contribution in [0, 0.1) is 6.92 Å². The third-order valence-corrected chi connectivity index (χ3v) is 4.38. The summed E-state index contributed by atoms with van der Waals surface area (Å²) < 4.78 is 0. The molecule has 0 aliphatic rings. The third-order valence-electron chi connectivity index (χ3n) is 3.00. The second-order valence-electron chi connectivity index (χ2n) is 4.67. The first-order valence-electron chi connectivity index (χ1n) is 6.44. The van der Waals surface area contributed by atoms with E-state index in [1.807, 2.05) is 18.0 Å². The van der Waals surface area contributed by atoms with Crippen LogP contribution in [0.15, 0.2) is 17.3 Å². The van der Waals surface area contributed by atoms with Gasteiger partial charge in [0.05, 0.1) is 5.03 Å². The van der Waals surface area contributed by atoms with Gasteiger partial charge >= 0.3 is 0 Å². The molecule has 2 atom stereocenters. The Hall–Kier alpha value is -0.540. The van der Waals surface area contributed by atoms with Gasteiger partial charge in [-0.25, -0.2) is 4.98 Å². The van der Waals surface area contributed by atoms with Crippen LogP contribution in [0.1, 0.15) is 44.7 Å². The normalized spacial score (nSPS) is 14.6. The average molecular weight is 252 g/mol. The first-order chi connectivity index (χ1) is 8.06. The van der Waals surface area contributed by atoms with Gasteiger partial charge in [0, 0.05) is 17.5 Å². The zero-order valence-corrected chi connectivity index (χ0v) is 12.2. The number of aryl methyl sites for hydroxylation is 1. The Balaban J connectivity index is 2.72. The summed E-state index contributed by atoms with van der Waals surface area (Å²) in [5.41, 5.74) is 8.49. The molecular weight excluding hydrogens is 228 g/mol. The maximum atomic E-state index is 5.96. The van der Waals surface area contributed by atoms with E-state index < -0.39 is 0 Å². The van der Waals surface area contributed by atoms with Crippen molar-refractivity contribution >= 4 is 11.8 Å². The fourth-order valence-electron chi connectivity index (χ4n) is 1.58. The van der Waals surface area contributed by atoms with Gasteiger partial charge in [0.25, 0.3) is 0 Å². The molecule has 1 rings (SSSR count). The Morgan fingerprint density at radius 2 is 2.06 bits per heavy atom. The zero-order valence-electron chi connectivity index (χ0n) is 11.4. The molecule has 1 aromatic heterocycles. The molecule has 0 saturated heterocycles. The van der Waals surface area contributed by atoms with Crippen LogP contribution < -0.4 is 5.73 Å². The van der Waals surface area contributed by atoms with E-state index in [9.17, 15) is 0 Å². The standard InChI is InChI=1S/C14H24N2S/c1-5-11(4)17-14-10(3)7-12(9-16-14)8-13(15)6-2/h7,9,11,13H,5-6,8,15H2,1-4H3. The molecule has 2 unspecified atom stereocenters. The molecule has 17 heavy (non-hydrogen) atoms. The summed E-state index contributed by atoms with van der Waals surface area (Å²) in [5, 5.41) is 1.79. The summed E-state index contributed by atoms with van der Waals surface area (Å²) >= 11 is 1.86. The number of nitrogens with zero attached hydrogens (tertiary/aromatic N) is 1. The topological polar surface area (TPSA) is 38.9 Å². The fraction of sp³-hybridized carbons (Fsp3) is 0.643. The molecule has 0 bridgehead atoms. The third kappa shape index (κ3) is 4.68. The zero-order chi connectivity index (χ0) is 12.8. The van der Waals surface area contributed by atoms with Gasteiger partial charge in [0.15, 0.2) is 0 Å². The van der Waals surface area contributed by atoms with Crippen molar-refractivity contribution in [2.24, 2.45) is 5.73 Å². The van der Waals surface area contributed by atoms with Crippen molar-refractivity contribution < 1.29 is 0 Å². The summed E-state index contributed by atoms with van der Waals surface area (Å²) in [7, 11) is 0. The Labute approximate surface area is 109 Å². The predicted molar refractivity (Wildman–Crippen MR) is 76.6 cm³/mol. The number of aromatic nitrogens is 1. The summed E-state index contributed by atoms with van der Waals surface area (Å²) in [4.78, 5) is 4.56. The number of rotatable bonds is 6. The summed E-state index contributed by atoms with van der Waals surface area (Å²) in [6, 6.07) is 2.48. The highest BCUT2D eigenvalue weighted by Crippen LogP contribution is 2.26. The van der Waals surface area contributed by atoms with Crippen LogP contribution in [-0.2, 0) is 6.42 Å². The van der Waals surface area contributed by atoms with Crippen molar-refractivity contribution in [1.82, 2.24) is 4.98 Å². The molecule has 3 heteroatoms. The fourth-order valence-corrected chi connectivity index (χ4v) is 2.48. The van der Waals surface area contributed by atoms with Crippen LogP contribution in [0.2, 0.25) is 0 Å². The van der Waals surface area contributed by atoms with Gasteiger partial charge in [-0.2, -0.15) is 0 Å².